The second-order valence-electron chi connectivity index (χ2n) is 6.54. The molecule has 1 N–H and O–H groups in total. The second kappa shape index (κ2) is 8.39. The number of nitrogens with zero attached hydrogens (tertiary/aromatic N) is 3. The van der Waals surface area contributed by atoms with E-state index in [0.29, 0.717) is 13.1 Å². The minimum Gasteiger partial charge on any atom is -0.330 e. The van der Waals surface area contributed by atoms with E-state index < -0.39 is 11.9 Å². The minimum absolute atomic E-state index is 0.167. The normalized spacial score (nSPS) is 16.2. The fourth-order valence-corrected chi connectivity index (χ4v) is 3.04. The van der Waals surface area contributed by atoms with E-state index in [2.05, 4.69) is 17.3 Å². The lowest BCUT2D eigenvalue weighted by atomic mass is 10.2. The van der Waals surface area contributed by atoms with Gasteiger partial charge in [-0.3, -0.25) is 9.48 Å². The van der Waals surface area contributed by atoms with Gasteiger partial charge in [-0.05, 0) is 17.7 Å². The number of alkyl halides is 3. The number of amides is 1. The molecule has 0 spiro atoms. The van der Waals surface area contributed by atoms with Crippen molar-refractivity contribution in [1.29, 1.82) is 0 Å². The highest BCUT2D eigenvalue weighted by atomic mass is 19.4. The van der Waals surface area contributed by atoms with E-state index in [1.807, 2.05) is 30.3 Å². The number of hydrogen-bond donors (Lipinski definition) is 1. The van der Waals surface area contributed by atoms with Crippen LogP contribution in [0.25, 0.3) is 6.08 Å². The van der Waals surface area contributed by atoms with Gasteiger partial charge in [0, 0.05) is 6.20 Å². The smallest absolute Gasteiger partial charge is 0.330 e. The Morgan fingerprint density at radius 2 is 1.85 bits per heavy atom. The highest BCUT2D eigenvalue weighted by molar-refractivity contribution is 5.75. The molecule has 0 saturated carbocycles. The van der Waals surface area contributed by atoms with Crippen molar-refractivity contribution in [1.82, 2.24) is 14.7 Å². The first-order valence-corrected chi connectivity index (χ1v) is 8.85. The predicted octanol–water partition coefficient (Wildman–Crippen LogP) is 1.34. The average molecular weight is 379 g/mol. The van der Waals surface area contributed by atoms with Gasteiger partial charge in [-0.1, -0.05) is 36.4 Å². The predicted molar refractivity (Wildman–Crippen MR) is 94.8 cm³/mol. The quantitative estimate of drug-likeness (QED) is 0.852. The number of rotatable bonds is 5. The molecule has 2 aromatic rings. The van der Waals surface area contributed by atoms with Gasteiger partial charge in [0.15, 0.2) is 5.69 Å². The molecule has 1 fully saturated rings. The zero-order valence-electron chi connectivity index (χ0n) is 14.8. The van der Waals surface area contributed by atoms with Gasteiger partial charge < -0.3 is 9.80 Å². The number of nitrogens with one attached hydrogen (secondary N) is 1. The summed E-state index contributed by atoms with van der Waals surface area (Å²) >= 11 is 0. The molecule has 0 bridgehead atoms. The summed E-state index contributed by atoms with van der Waals surface area (Å²) < 4.78 is 38.7. The summed E-state index contributed by atoms with van der Waals surface area (Å²) in [5, 5.41) is 3.43. The van der Waals surface area contributed by atoms with Gasteiger partial charge in [0.2, 0.25) is 5.91 Å². The molecule has 8 heteroatoms. The Labute approximate surface area is 155 Å². The van der Waals surface area contributed by atoms with Gasteiger partial charge in [0.05, 0.1) is 32.7 Å². The van der Waals surface area contributed by atoms with Crippen LogP contribution in [0.15, 0.2) is 48.7 Å². The third-order valence-corrected chi connectivity index (χ3v) is 4.57. The number of carbonyl (C=O) groups excluding carboxylic acids is 1. The fraction of sp³-hybridized carbons (Fsp3) is 0.368. The maximum absolute atomic E-state index is 12.6. The molecule has 1 aromatic heterocycles. The van der Waals surface area contributed by atoms with Gasteiger partial charge in [-0.15, -0.1) is 0 Å². The van der Waals surface area contributed by atoms with E-state index in [0.717, 1.165) is 35.9 Å². The summed E-state index contributed by atoms with van der Waals surface area (Å²) in [7, 11) is 0. The zero-order valence-corrected chi connectivity index (χ0v) is 14.8. The van der Waals surface area contributed by atoms with E-state index >= 15 is 0 Å². The first-order chi connectivity index (χ1) is 12.9. The van der Waals surface area contributed by atoms with Crippen molar-refractivity contribution in [3.05, 3.63) is 59.9 Å². The molecular weight excluding hydrogens is 357 g/mol. The average Bonchev–Trinajstić information content (AvgIpc) is 3.12. The van der Waals surface area contributed by atoms with Crippen molar-refractivity contribution in [3.63, 3.8) is 0 Å². The molecule has 1 amide bonds. The number of benzene rings is 1. The number of piperazine rings is 1. The number of hydrogen-bond acceptors (Lipinski definition) is 2. The van der Waals surface area contributed by atoms with Gasteiger partial charge in [-0.2, -0.15) is 18.3 Å². The Bertz CT molecular complexity index is 778. The Hall–Kier alpha value is -2.61. The lowest BCUT2D eigenvalue weighted by Gasteiger charge is -2.31. The fourth-order valence-electron chi connectivity index (χ4n) is 3.04. The van der Waals surface area contributed by atoms with Crippen LogP contribution in [0.3, 0.4) is 0 Å². The maximum Gasteiger partial charge on any atom is 0.435 e. The largest absolute Gasteiger partial charge is 0.435 e. The van der Waals surface area contributed by atoms with Crippen molar-refractivity contribution in [2.45, 2.75) is 12.7 Å². The Kier molecular flexibility index (Phi) is 5.95. The molecule has 0 unspecified atom stereocenters. The van der Waals surface area contributed by atoms with Gasteiger partial charge in [0.25, 0.3) is 0 Å². The highest BCUT2D eigenvalue weighted by Gasteiger charge is 2.34. The summed E-state index contributed by atoms with van der Waals surface area (Å²) in [5.41, 5.74) is 0.179. The number of quaternary nitrogens is 1. The van der Waals surface area contributed by atoms with Crippen molar-refractivity contribution in [2.75, 3.05) is 32.7 Å². The van der Waals surface area contributed by atoms with Crippen molar-refractivity contribution in [3.8, 4) is 0 Å². The van der Waals surface area contributed by atoms with Gasteiger partial charge in [0.1, 0.15) is 6.54 Å². The van der Waals surface area contributed by atoms with Crippen molar-refractivity contribution >= 4 is 12.0 Å². The Morgan fingerprint density at radius 1 is 1.15 bits per heavy atom. The monoisotopic (exact) mass is 379 g/mol. The van der Waals surface area contributed by atoms with Crippen LogP contribution in [0.5, 0.6) is 0 Å². The van der Waals surface area contributed by atoms with Crippen LogP contribution in [0, 0.1) is 0 Å². The molecule has 2 heterocycles. The summed E-state index contributed by atoms with van der Waals surface area (Å²) in [6.45, 7) is 3.54. The van der Waals surface area contributed by atoms with Crippen LogP contribution in [-0.2, 0) is 17.5 Å². The van der Waals surface area contributed by atoms with E-state index in [9.17, 15) is 18.0 Å². The summed E-state index contributed by atoms with van der Waals surface area (Å²) in [4.78, 5) is 15.4. The molecule has 3 rings (SSSR count). The third-order valence-electron chi connectivity index (χ3n) is 4.57. The van der Waals surface area contributed by atoms with Crippen LogP contribution in [-0.4, -0.2) is 53.3 Å². The molecule has 0 atom stereocenters. The molecule has 144 valence electrons. The number of halogens is 3. The molecule has 0 aliphatic carbocycles. The Balaban J connectivity index is 1.44. The second-order valence-corrected chi connectivity index (χ2v) is 6.54. The van der Waals surface area contributed by atoms with E-state index in [4.69, 9.17) is 0 Å². The number of carbonyl (C=O) groups is 1. The molecule has 0 radical (unpaired) electrons. The van der Waals surface area contributed by atoms with Crippen molar-refractivity contribution in [2.24, 2.45) is 0 Å². The van der Waals surface area contributed by atoms with Gasteiger partial charge in [-0.25, -0.2) is 0 Å². The maximum atomic E-state index is 12.6. The SMILES string of the molecule is O=C(Cn1ccc(C(F)(F)F)n1)N1CC[NH+](C/C=C/c2ccccc2)CC1. The van der Waals surface area contributed by atoms with Crippen LogP contribution >= 0.6 is 0 Å². The van der Waals surface area contributed by atoms with Crippen molar-refractivity contribution < 1.29 is 22.9 Å². The van der Waals surface area contributed by atoms with E-state index in [1.165, 1.54) is 11.1 Å². The molecule has 1 aliphatic rings. The van der Waals surface area contributed by atoms with E-state index in [-0.39, 0.29) is 12.5 Å². The van der Waals surface area contributed by atoms with Gasteiger partial charge >= 0.3 is 6.18 Å². The van der Waals surface area contributed by atoms with Crippen LogP contribution in [0.4, 0.5) is 13.2 Å². The topological polar surface area (TPSA) is 42.6 Å². The summed E-state index contributed by atoms with van der Waals surface area (Å²) in [5.74, 6) is -0.203. The summed E-state index contributed by atoms with van der Waals surface area (Å²) in [6.07, 6.45) is 0.915. The molecule has 5 nitrogen and oxygen atoms in total. The summed E-state index contributed by atoms with van der Waals surface area (Å²) in [6, 6.07) is 10.9. The molecule has 1 aromatic carbocycles. The lowest BCUT2D eigenvalue weighted by Crippen LogP contribution is -3.14. The standard InChI is InChI=1S/C19H21F3N4O/c20-19(21,22)17-8-10-26(23-17)15-18(27)25-13-11-24(12-14-25)9-4-7-16-5-2-1-3-6-16/h1-8,10H,9,11-15H2/p+1/b7-4+. The number of aromatic nitrogens is 2. The minimum atomic E-state index is -4.49. The van der Waals surface area contributed by atoms with Crippen LogP contribution in [0.2, 0.25) is 0 Å². The van der Waals surface area contributed by atoms with E-state index in [1.54, 1.807) is 4.90 Å². The highest BCUT2D eigenvalue weighted by Crippen LogP contribution is 2.27. The van der Waals surface area contributed by atoms with Crippen LogP contribution < -0.4 is 4.90 Å². The molecular formula is C19H22F3N4O+. The molecule has 27 heavy (non-hydrogen) atoms. The first kappa shape index (κ1) is 19.2. The lowest BCUT2D eigenvalue weighted by molar-refractivity contribution is -0.898. The third kappa shape index (κ3) is 5.43. The van der Waals surface area contributed by atoms with Crippen LogP contribution in [0.1, 0.15) is 11.3 Å². The molecule has 1 aliphatic heterocycles. The first-order valence-electron chi connectivity index (χ1n) is 8.85. The molecule has 1 saturated heterocycles. The zero-order chi connectivity index (χ0) is 19.3. The Morgan fingerprint density at radius 3 is 2.48 bits per heavy atom.